The molecule has 0 radical (unpaired) electrons. The number of rotatable bonds is 3. The first-order valence-corrected chi connectivity index (χ1v) is 7.35. The lowest BCUT2D eigenvalue weighted by molar-refractivity contribution is 0.0763. The van der Waals surface area contributed by atoms with E-state index in [9.17, 15) is 13.5 Å². The van der Waals surface area contributed by atoms with Crippen LogP contribution in [0.4, 0.5) is 0 Å². The van der Waals surface area contributed by atoms with E-state index in [0.29, 0.717) is 13.0 Å². The highest BCUT2D eigenvalue weighted by Gasteiger charge is 2.36. The van der Waals surface area contributed by atoms with Gasteiger partial charge < -0.3 is 5.11 Å². The maximum Gasteiger partial charge on any atom is 0.236 e. The lowest BCUT2D eigenvalue weighted by Crippen LogP contribution is -2.32. The standard InChI is InChI=1S/C13H17NO3S/c1-13(15)8-9-14(11-13)18(16,17)10-7-12-5-3-2-4-6-12/h2-7,10,15H,8-9,11H2,1H3/b10-7+. The van der Waals surface area contributed by atoms with Crippen LogP contribution < -0.4 is 0 Å². The summed E-state index contributed by atoms with van der Waals surface area (Å²) in [5, 5.41) is 11.0. The topological polar surface area (TPSA) is 57.6 Å². The molecular weight excluding hydrogens is 250 g/mol. The van der Waals surface area contributed by atoms with Gasteiger partial charge in [-0.05, 0) is 25.0 Å². The monoisotopic (exact) mass is 267 g/mol. The predicted molar refractivity (Wildman–Crippen MR) is 71.2 cm³/mol. The molecule has 1 aromatic carbocycles. The lowest BCUT2D eigenvalue weighted by Gasteiger charge is -2.17. The Morgan fingerprint density at radius 2 is 2.00 bits per heavy atom. The van der Waals surface area contributed by atoms with Crippen molar-refractivity contribution in [2.45, 2.75) is 18.9 Å². The van der Waals surface area contributed by atoms with Gasteiger partial charge in [0.25, 0.3) is 0 Å². The van der Waals surface area contributed by atoms with E-state index in [1.165, 1.54) is 9.71 Å². The summed E-state index contributed by atoms with van der Waals surface area (Å²) < 4.78 is 25.4. The Bertz CT molecular complexity index is 535. The van der Waals surface area contributed by atoms with Crippen molar-refractivity contribution < 1.29 is 13.5 Å². The zero-order valence-electron chi connectivity index (χ0n) is 10.3. The molecule has 0 amide bonds. The molecule has 0 aliphatic carbocycles. The summed E-state index contributed by atoms with van der Waals surface area (Å²) in [6.45, 7) is 2.19. The average molecular weight is 267 g/mol. The molecule has 4 nitrogen and oxygen atoms in total. The molecule has 18 heavy (non-hydrogen) atoms. The molecule has 2 rings (SSSR count). The van der Waals surface area contributed by atoms with Crippen LogP contribution in [0.5, 0.6) is 0 Å². The summed E-state index contributed by atoms with van der Waals surface area (Å²) in [6.07, 6.45) is 2.05. The fraction of sp³-hybridized carbons (Fsp3) is 0.385. The van der Waals surface area contributed by atoms with Gasteiger partial charge in [0, 0.05) is 18.5 Å². The molecule has 1 N–H and O–H groups in total. The molecule has 98 valence electrons. The molecular formula is C13H17NO3S. The van der Waals surface area contributed by atoms with Crippen LogP contribution in [-0.4, -0.2) is 36.5 Å². The molecule has 0 spiro atoms. The van der Waals surface area contributed by atoms with Crippen molar-refractivity contribution in [1.82, 2.24) is 4.31 Å². The molecule has 1 saturated heterocycles. The highest BCUT2D eigenvalue weighted by molar-refractivity contribution is 7.92. The summed E-state index contributed by atoms with van der Waals surface area (Å²) in [5.74, 6) is 0. The van der Waals surface area contributed by atoms with Gasteiger partial charge in [-0.25, -0.2) is 8.42 Å². The third kappa shape index (κ3) is 3.19. The molecule has 1 aliphatic rings. The minimum Gasteiger partial charge on any atom is -0.389 e. The Morgan fingerprint density at radius 3 is 2.56 bits per heavy atom. The van der Waals surface area contributed by atoms with Crippen LogP contribution in [0.1, 0.15) is 18.9 Å². The molecule has 5 heteroatoms. The van der Waals surface area contributed by atoms with Gasteiger partial charge in [0.15, 0.2) is 0 Å². The first kappa shape index (κ1) is 13.3. The molecule has 1 heterocycles. The van der Waals surface area contributed by atoms with Crippen LogP contribution in [0.2, 0.25) is 0 Å². The maximum absolute atomic E-state index is 12.0. The normalized spacial score (nSPS) is 25.9. The van der Waals surface area contributed by atoms with Crippen LogP contribution in [0.25, 0.3) is 6.08 Å². The Balaban J connectivity index is 2.11. The minimum atomic E-state index is -3.44. The van der Waals surface area contributed by atoms with Crippen molar-refractivity contribution in [3.05, 3.63) is 41.3 Å². The van der Waals surface area contributed by atoms with Gasteiger partial charge in [0.05, 0.1) is 5.60 Å². The lowest BCUT2D eigenvalue weighted by atomic mass is 10.1. The molecule has 1 aromatic rings. The van der Waals surface area contributed by atoms with Crippen molar-refractivity contribution >= 4 is 16.1 Å². The van der Waals surface area contributed by atoms with Crippen molar-refractivity contribution in [1.29, 1.82) is 0 Å². The van der Waals surface area contributed by atoms with E-state index in [4.69, 9.17) is 0 Å². The first-order chi connectivity index (χ1) is 8.39. The van der Waals surface area contributed by atoms with E-state index >= 15 is 0 Å². The van der Waals surface area contributed by atoms with E-state index in [-0.39, 0.29) is 6.54 Å². The van der Waals surface area contributed by atoms with Gasteiger partial charge >= 0.3 is 0 Å². The molecule has 1 atom stereocenters. The van der Waals surface area contributed by atoms with Gasteiger partial charge in [-0.2, -0.15) is 4.31 Å². The third-order valence-electron chi connectivity index (χ3n) is 3.01. The number of sulfonamides is 1. The SMILES string of the molecule is CC1(O)CCN(S(=O)(=O)/C=C/c2ccccc2)C1. The Labute approximate surface area is 108 Å². The highest BCUT2D eigenvalue weighted by Crippen LogP contribution is 2.23. The quantitative estimate of drug-likeness (QED) is 0.901. The Hall–Kier alpha value is -1.17. The van der Waals surface area contributed by atoms with Crippen molar-refractivity contribution in [2.24, 2.45) is 0 Å². The second-order valence-corrected chi connectivity index (χ2v) is 6.66. The van der Waals surface area contributed by atoms with Crippen molar-refractivity contribution in [3.63, 3.8) is 0 Å². The molecule has 0 bridgehead atoms. The molecule has 0 saturated carbocycles. The van der Waals surface area contributed by atoms with Crippen LogP contribution in [0, 0.1) is 0 Å². The molecule has 1 aliphatic heterocycles. The predicted octanol–water partition coefficient (Wildman–Crippen LogP) is 1.44. The molecule has 1 fully saturated rings. The number of hydrogen-bond donors (Lipinski definition) is 1. The van der Waals surface area contributed by atoms with Crippen molar-refractivity contribution in [2.75, 3.05) is 13.1 Å². The van der Waals surface area contributed by atoms with Crippen molar-refractivity contribution in [3.8, 4) is 0 Å². The summed E-state index contributed by atoms with van der Waals surface area (Å²) >= 11 is 0. The fourth-order valence-corrected chi connectivity index (χ4v) is 3.24. The summed E-state index contributed by atoms with van der Waals surface area (Å²) in [5.41, 5.74) is -0.0692. The number of benzene rings is 1. The molecule has 0 aromatic heterocycles. The van der Waals surface area contributed by atoms with E-state index < -0.39 is 15.6 Å². The largest absolute Gasteiger partial charge is 0.389 e. The Morgan fingerprint density at radius 1 is 1.33 bits per heavy atom. The van der Waals surface area contributed by atoms with Crippen LogP contribution >= 0.6 is 0 Å². The average Bonchev–Trinajstić information content (AvgIpc) is 2.69. The maximum atomic E-state index is 12.0. The van der Waals surface area contributed by atoms with Crippen LogP contribution in [-0.2, 0) is 10.0 Å². The van der Waals surface area contributed by atoms with E-state index in [1.807, 2.05) is 30.3 Å². The van der Waals surface area contributed by atoms with Gasteiger partial charge in [-0.15, -0.1) is 0 Å². The zero-order chi connectivity index (χ0) is 13.2. The summed E-state index contributed by atoms with van der Waals surface area (Å²) in [7, 11) is -3.44. The zero-order valence-corrected chi connectivity index (χ0v) is 11.1. The van der Waals surface area contributed by atoms with Gasteiger partial charge in [-0.1, -0.05) is 30.3 Å². The number of aliphatic hydroxyl groups is 1. The van der Waals surface area contributed by atoms with Gasteiger partial charge in [0.1, 0.15) is 0 Å². The van der Waals surface area contributed by atoms with E-state index in [0.717, 1.165) is 5.56 Å². The van der Waals surface area contributed by atoms with E-state index in [1.54, 1.807) is 13.0 Å². The second kappa shape index (κ2) is 4.84. The number of hydrogen-bond acceptors (Lipinski definition) is 3. The van der Waals surface area contributed by atoms with Crippen LogP contribution in [0.3, 0.4) is 0 Å². The number of β-amino-alcohol motifs (C(OH)–C–C–N with tert-alkyl or cyclic N) is 1. The Kier molecular flexibility index (Phi) is 3.56. The summed E-state index contributed by atoms with van der Waals surface area (Å²) in [6, 6.07) is 9.27. The fourth-order valence-electron chi connectivity index (χ4n) is 1.94. The number of nitrogens with zero attached hydrogens (tertiary/aromatic N) is 1. The van der Waals surface area contributed by atoms with Gasteiger partial charge in [-0.3, -0.25) is 0 Å². The molecule has 1 unspecified atom stereocenters. The van der Waals surface area contributed by atoms with Gasteiger partial charge in [0.2, 0.25) is 10.0 Å². The highest BCUT2D eigenvalue weighted by atomic mass is 32.2. The third-order valence-corrected chi connectivity index (χ3v) is 4.52. The second-order valence-electron chi connectivity index (χ2n) is 4.84. The van der Waals surface area contributed by atoms with Crippen LogP contribution in [0.15, 0.2) is 35.7 Å². The summed E-state index contributed by atoms with van der Waals surface area (Å²) in [4.78, 5) is 0. The smallest absolute Gasteiger partial charge is 0.236 e. The van der Waals surface area contributed by atoms with E-state index in [2.05, 4.69) is 0 Å². The first-order valence-electron chi connectivity index (χ1n) is 5.85. The minimum absolute atomic E-state index is 0.161.